The molecule has 0 saturated heterocycles. The minimum absolute atomic E-state index is 0.00732. The molecule has 2 heterocycles. The summed E-state index contributed by atoms with van der Waals surface area (Å²) in [5.41, 5.74) is 0.0778. The first-order chi connectivity index (χ1) is 9.65. The minimum Gasteiger partial charge on any atom is -0.478 e. The molecule has 8 nitrogen and oxygen atoms in total. The Labute approximate surface area is 113 Å². The number of hydrogen-bond donors (Lipinski definition) is 3. The summed E-state index contributed by atoms with van der Waals surface area (Å²) in [6, 6.07) is 1.31. The molecule has 0 bridgehead atoms. The highest BCUT2D eigenvalue weighted by atomic mass is 16.4. The first kappa shape index (κ1) is 12.3. The second-order valence-electron chi connectivity index (χ2n) is 4.50. The maximum Gasteiger partial charge on any atom is 0.337 e. The van der Waals surface area contributed by atoms with Crippen LogP contribution >= 0.6 is 0 Å². The van der Waals surface area contributed by atoms with Gasteiger partial charge in [-0.2, -0.15) is 0 Å². The van der Waals surface area contributed by atoms with E-state index in [0.29, 0.717) is 11.7 Å². The normalized spacial score (nSPS) is 14.0. The van der Waals surface area contributed by atoms with Gasteiger partial charge < -0.3 is 10.4 Å². The molecule has 102 valence electrons. The van der Waals surface area contributed by atoms with E-state index in [1.807, 2.05) is 0 Å². The van der Waals surface area contributed by atoms with Crippen molar-refractivity contribution in [3.05, 3.63) is 35.7 Å². The van der Waals surface area contributed by atoms with Crippen molar-refractivity contribution < 1.29 is 14.7 Å². The van der Waals surface area contributed by atoms with E-state index in [2.05, 4.69) is 25.5 Å². The van der Waals surface area contributed by atoms with Gasteiger partial charge in [0.15, 0.2) is 0 Å². The molecular weight excluding hydrogens is 262 g/mol. The third kappa shape index (κ3) is 2.35. The van der Waals surface area contributed by atoms with Crippen LogP contribution in [0.2, 0.25) is 0 Å². The summed E-state index contributed by atoms with van der Waals surface area (Å²) in [7, 11) is 0. The third-order valence-electron chi connectivity index (χ3n) is 2.97. The van der Waals surface area contributed by atoms with Gasteiger partial charge in [-0.15, -0.1) is 5.10 Å². The van der Waals surface area contributed by atoms with Crippen molar-refractivity contribution in [3.8, 4) is 0 Å². The Morgan fingerprint density at radius 1 is 1.40 bits per heavy atom. The Morgan fingerprint density at radius 3 is 2.90 bits per heavy atom. The first-order valence-electron chi connectivity index (χ1n) is 6.06. The Morgan fingerprint density at radius 2 is 2.20 bits per heavy atom. The number of nitrogens with one attached hydrogen (secondary N) is 2. The van der Waals surface area contributed by atoms with Crippen molar-refractivity contribution in [1.82, 2.24) is 20.2 Å². The van der Waals surface area contributed by atoms with E-state index in [0.717, 1.165) is 12.8 Å². The predicted molar refractivity (Wildman–Crippen MR) is 67.5 cm³/mol. The van der Waals surface area contributed by atoms with E-state index < -0.39 is 11.9 Å². The lowest BCUT2D eigenvalue weighted by molar-refractivity contribution is 0.0698. The van der Waals surface area contributed by atoms with E-state index in [1.54, 1.807) is 0 Å². The molecule has 0 aliphatic heterocycles. The van der Waals surface area contributed by atoms with Crippen LogP contribution in [0.5, 0.6) is 0 Å². The molecule has 0 atom stereocenters. The van der Waals surface area contributed by atoms with Crippen molar-refractivity contribution in [2.45, 2.75) is 18.8 Å². The number of H-pyrrole nitrogens is 1. The third-order valence-corrected chi connectivity index (χ3v) is 2.97. The fourth-order valence-electron chi connectivity index (χ4n) is 1.77. The zero-order chi connectivity index (χ0) is 14.1. The lowest BCUT2D eigenvalue weighted by Gasteiger charge is -2.05. The van der Waals surface area contributed by atoms with Crippen molar-refractivity contribution in [2.75, 3.05) is 5.32 Å². The monoisotopic (exact) mass is 273 g/mol. The zero-order valence-corrected chi connectivity index (χ0v) is 10.3. The molecule has 2 aromatic heterocycles. The first-order valence-corrected chi connectivity index (χ1v) is 6.06. The number of carboxylic acid groups (broad SMARTS) is 1. The smallest absolute Gasteiger partial charge is 0.337 e. The highest BCUT2D eigenvalue weighted by molar-refractivity contribution is 6.05. The van der Waals surface area contributed by atoms with Crippen LogP contribution in [0.1, 0.15) is 45.6 Å². The number of amides is 1. The molecule has 0 unspecified atom stereocenters. The van der Waals surface area contributed by atoms with Crippen LogP contribution < -0.4 is 5.32 Å². The van der Waals surface area contributed by atoms with Gasteiger partial charge in [0.2, 0.25) is 5.82 Å². The van der Waals surface area contributed by atoms with Crippen molar-refractivity contribution in [1.29, 1.82) is 0 Å². The molecule has 1 aliphatic carbocycles. The van der Waals surface area contributed by atoms with E-state index in [9.17, 15) is 9.59 Å². The Hall–Kier alpha value is -2.77. The Kier molecular flexibility index (Phi) is 2.90. The Bertz CT molecular complexity index is 677. The van der Waals surface area contributed by atoms with E-state index >= 15 is 0 Å². The van der Waals surface area contributed by atoms with Gasteiger partial charge in [-0.05, 0) is 18.9 Å². The van der Waals surface area contributed by atoms with Crippen molar-refractivity contribution >= 4 is 17.6 Å². The SMILES string of the molecule is O=C(Nc1cnccc1C(=O)O)c1n[nH]c(C2CC2)n1. The van der Waals surface area contributed by atoms with Crippen molar-refractivity contribution in [2.24, 2.45) is 0 Å². The summed E-state index contributed by atoms with van der Waals surface area (Å²) in [6.45, 7) is 0. The molecular formula is C12H11N5O3. The number of carbonyl (C=O) groups is 2. The molecule has 1 fully saturated rings. The number of pyridine rings is 1. The molecule has 1 saturated carbocycles. The minimum atomic E-state index is -1.14. The molecule has 0 spiro atoms. The molecule has 3 rings (SSSR count). The fourth-order valence-corrected chi connectivity index (χ4v) is 1.77. The van der Waals surface area contributed by atoms with Gasteiger partial charge in [-0.25, -0.2) is 9.78 Å². The highest BCUT2D eigenvalue weighted by Gasteiger charge is 2.28. The van der Waals surface area contributed by atoms with Crippen LogP contribution in [-0.2, 0) is 0 Å². The average Bonchev–Trinajstić information content (AvgIpc) is 3.16. The second-order valence-corrected chi connectivity index (χ2v) is 4.50. The molecule has 2 aromatic rings. The number of carbonyl (C=O) groups excluding carboxylic acids is 1. The molecule has 0 aromatic carbocycles. The predicted octanol–water partition coefficient (Wildman–Crippen LogP) is 1.03. The lowest BCUT2D eigenvalue weighted by Crippen LogP contribution is -2.16. The standard InChI is InChI=1S/C12H11N5O3/c18-11(10-15-9(16-17-10)6-1-2-6)14-8-5-13-4-3-7(8)12(19)20/h3-6H,1-2H2,(H,14,18)(H,19,20)(H,15,16,17). The maximum absolute atomic E-state index is 12.0. The number of anilines is 1. The van der Waals surface area contributed by atoms with Crippen LogP contribution in [0.4, 0.5) is 5.69 Å². The van der Waals surface area contributed by atoms with Crippen LogP contribution in [0.25, 0.3) is 0 Å². The molecule has 1 amide bonds. The molecule has 0 radical (unpaired) electrons. The van der Waals surface area contributed by atoms with Crippen LogP contribution in [0, 0.1) is 0 Å². The van der Waals surface area contributed by atoms with E-state index in [4.69, 9.17) is 5.11 Å². The summed E-state index contributed by atoms with van der Waals surface area (Å²) in [5.74, 6) is -0.663. The van der Waals surface area contributed by atoms with Gasteiger partial charge in [0.1, 0.15) is 5.82 Å². The highest BCUT2D eigenvalue weighted by Crippen LogP contribution is 2.37. The van der Waals surface area contributed by atoms with Crippen molar-refractivity contribution in [3.63, 3.8) is 0 Å². The van der Waals surface area contributed by atoms with Crippen LogP contribution in [-0.4, -0.2) is 37.1 Å². The van der Waals surface area contributed by atoms with Gasteiger partial charge in [0, 0.05) is 12.1 Å². The summed E-state index contributed by atoms with van der Waals surface area (Å²) in [6.07, 6.45) is 4.71. The van der Waals surface area contributed by atoms with Gasteiger partial charge in [0.25, 0.3) is 5.91 Å². The van der Waals surface area contributed by atoms with Gasteiger partial charge in [0.05, 0.1) is 17.4 Å². The molecule has 1 aliphatic rings. The average molecular weight is 273 g/mol. The number of hydrogen-bond acceptors (Lipinski definition) is 5. The number of nitrogens with zero attached hydrogens (tertiary/aromatic N) is 3. The summed E-state index contributed by atoms with van der Waals surface area (Å²) < 4.78 is 0. The number of aromatic nitrogens is 4. The topological polar surface area (TPSA) is 121 Å². The summed E-state index contributed by atoms with van der Waals surface area (Å²) >= 11 is 0. The van der Waals surface area contributed by atoms with E-state index in [1.165, 1.54) is 18.5 Å². The molecule has 8 heteroatoms. The summed E-state index contributed by atoms with van der Waals surface area (Å²) in [4.78, 5) is 30.9. The van der Waals surface area contributed by atoms with Crippen LogP contribution in [0.3, 0.4) is 0 Å². The molecule has 20 heavy (non-hydrogen) atoms. The lowest BCUT2D eigenvalue weighted by atomic mass is 10.2. The number of rotatable bonds is 4. The Balaban J connectivity index is 1.79. The molecule has 3 N–H and O–H groups in total. The largest absolute Gasteiger partial charge is 0.478 e. The zero-order valence-electron chi connectivity index (χ0n) is 10.3. The number of aromatic carboxylic acids is 1. The number of carboxylic acids is 1. The van der Waals surface area contributed by atoms with Crippen LogP contribution in [0.15, 0.2) is 18.5 Å². The van der Waals surface area contributed by atoms with Gasteiger partial charge in [-0.1, -0.05) is 0 Å². The van der Waals surface area contributed by atoms with Gasteiger partial charge >= 0.3 is 5.97 Å². The number of aromatic amines is 1. The van der Waals surface area contributed by atoms with Gasteiger partial charge in [-0.3, -0.25) is 14.9 Å². The summed E-state index contributed by atoms with van der Waals surface area (Å²) in [5, 5.41) is 18.0. The quantitative estimate of drug-likeness (QED) is 0.764. The van der Waals surface area contributed by atoms with E-state index in [-0.39, 0.29) is 17.1 Å². The fraction of sp³-hybridized carbons (Fsp3) is 0.250. The maximum atomic E-state index is 12.0. The second kappa shape index (κ2) is 4.72.